The lowest BCUT2D eigenvalue weighted by atomic mass is 9.95. The maximum Gasteiger partial charge on any atom is 0.295 e. The molecule has 7 heteroatoms. The molecule has 2 heterocycles. The number of ketones is 1. The topological polar surface area (TPSA) is 79.7 Å². The monoisotopic (exact) mass is 506 g/mol. The molecule has 0 aliphatic carbocycles. The van der Waals surface area contributed by atoms with Crippen LogP contribution >= 0.6 is 15.9 Å². The smallest absolute Gasteiger partial charge is 0.295 e. The number of likely N-dealkylation sites (tertiary alicyclic amines) is 1. The van der Waals surface area contributed by atoms with Gasteiger partial charge in [0.2, 0.25) is 0 Å². The lowest BCUT2D eigenvalue weighted by molar-refractivity contribution is -0.140. The van der Waals surface area contributed by atoms with Gasteiger partial charge in [0, 0.05) is 29.0 Å². The summed E-state index contributed by atoms with van der Waals surface area (Å²) in [6, 6.07) is 17.1. The molecule has 0 saturated carbocycles. The van der Waals surface area contributed by atoms with Gasteiger partial charge in [0.1, 0.15) is 11.5 Å². The Kier molecular flexibility index (Phi) is 6.60. The van der Waals surface area contributed by atoms with Crippen molar-refractivity contribution in [3.63, 3.8) is 0 Å². The van der Waals surface area contributed by atoms with Gasteiger partial charge in [0.05, 0.1) is 17.7 Å². The molecular formula is C26H23BrN2O4. The third kappa shape index (κ3) is 4.83. The molecule has 3 aromatic rings. The van der Waals surface area contributed by atoms with Gasteiger partial charge in [-0.2, -0.15) is 0 Å². The number of aliphatic hydroxyl groups is 1. The first kappa shape index (κ1) is 22.7. The number of rotatable bonds is 6. The average molecular weight is 507 g/mol. The Morgan fingerprint density at radius 2 is 1.88 bits per heavy atom. The van der Waals surface area contributed by atoms with E-state index in [9.17, 15) is 14.7 Å². The van der Waals surface area contributed by atoms with Crippen LogP contribution in [0, 0.1) is 0 Å². The molecule has 1 aromatic heterocycles. The lowest BCUT2D eigenvalue weighted by Crippen LogP contribution is -2.29. The molecule has 1 atom stereocenters. The molecule has 33 heavy (non-hydrogen) atoms. The summed E-state index contributed by atoms with van der Waals surface area (Å²) in [4.78, 5) is 31.8. The van der Waals surface area contributed by atoms with E-state index in [2.05, 4.69) is 20.9 Å². The van der Waals surface area contributed by atoms with E-state index in [1.165, 1.54) is 4.90 Å². The molecule has 4 rings (SSSR count). The maximum absolute atomic E-state index is 13.1. The fraction of sp³-hybridized carbons (Fsp3) is 0.192. The number of carbonyl (C=O) groups excluding carboxylic acids is 2. The lowest BCUT2D eigenvalue weighted by Gasteiger charge is -2.25. The van der Waals surface area contributed by atoms with Crippen LogP contribution < -0.4 is 4.74 Å². The summed E-state index contributed by atoms with van der Waals surface area (Å²) >= 11 is 3.46. The van der Waals surface area contributed by atoms with Crippen LogP contribution in [0.1, 0.15) is 36.6 Å². The molecule has 2 aromatic carbocycles. The molecule has 0 radical (unpaired) electrons. The molecular weight excluding hydrogens is 484 g/mol. The van der Waals surface area contributed by atoms with Crippen LogP contribution in [0.5, 0.6) is 5.75 Å². The number of Topliss-reactive ketones (excluding diaryl/α,β-unsaturated/α-hetero) is 1. The number of hydrogen-bond acceptors (Lipinski definition) is 5. The minimum Gasteiger partial charge on any atom is -0.507 e. The SMILES string of the molecule is CC(C)Oc1ccc(/C(O)=C2\C(=O)C(=O)N(Cc3cccnc3)[C@H]2c2cccc(Br)c2)cc1. The highest BCUT2D eigenvalue weighted by Crippen LogP contribution is 2.41. The number of pyridine rings is 1. The fourth-order valence-corrected chi connectivity index (χ4v) is 4.29. The third-order valence-corrected chi connectivity index (χ3v) is 5.77. The third-order valence-electron chi connectivity index (χ3n) is 5.28. The summed E-state index contributed by atoms with van der Waals surface area (Å²) in [5, 5.41) is 11.2. The van der Waals surface area contributed by atoms with E-state index in [0.29, 0.717) is 16.9 Å². The van der Waals surface area contributed by atoms with Gasteiger partial charge in [0.25, 0.3) is 11.7 Å². The Morgan fingerprint density at radius 1 is 1.12 bits per heavy atom. The number of aromatic nitrogens is 1. The number of halogens is 1. The Bertz CT molecular complexity index is 1210. The average Bonchev–Trinajstić information content (AvgIpc) is 3.04. The number of carbonyl (C=O) groups is 2. The van der Waals surface area contributed by atoms with Crippen molar-refractivity contribution < 1.29 is 19.4 Å². The second-order valence-corrected chi connectivity index (χ2v) is 8.95. The standard InChI is InChI=1S/C26H23BrN2O4/c1-16(2)33-21-10-8-18(9-11-21)24(30)22-23(19-6-3-7-20(27)13-19)29(26(32)25(22)31)15-17-5-4-12-28-14-17/h3-14,16,23,30H,15H2,1-2H3/b24-22+/t23-/m0/s1. The van der Waals surface area contributed by atoms with Gasteiger partial charge in [-0.15, -0.1) is 0 Å². The van der Waals surface area contributed by atoms with Crippen LogP contribution in [0.4, 0.5) is 0 Å². The Labute approximate surface area is 200 Å². The molecule has 0 spiro atoms. The molecule has 1 fully saturated rings. The molecule has 0 unspecified atom stereocenters. The molecule has 0 bridgehead atoms. The first-order valence-electron chi connectivity index (χ1n) is 10.5. The van der Waals surface area contributed by atoms with Crippen LogP contribution in [-0.4, -0.2) is 32.8 Å². The number of ether oxygens (including phenoxy) is 1. The van der Waals surface area contributed by atoms with Crippen molar-refractivity contribution in [3.05, 3.63) is 99.8 Å². The molecule has 1 amide bonds. The van der Waals surface area contributed by atoms with Crippen LogP contribution in [0.2, 0.25) is 0 Å². The molecule has 6 nitrogen and oxygen atoms in total. The summed E-state index contributed by atoms with van der Waals surface area (Å²) in [5.74, 6) is -0.945. The quantitative estimate of drug-likeness (QED) is 0.280. The summed E-state index contributed by atoms with van der Waals surface area (Å²) in [6.45, 7) is 4.04. The Hall–Kier alpha value is -3.45. The number of hydrogen-bond donors (Lipinski definition) is 1. The molecule has 1 aliphatic rings. The van der Waals surface area contributed by atoms with Crippen LogP contribution in [-0.2, 0) is 16.1 Å². The van der Waals surface area contributed by atoms with Crippen molar-refractivity contribution in [3.8, 4) is 5.75 Å². The van der Waals surface area contributed by atoms with Gasteiger partial charge in [-0.1, -0.05) is 34.1 Å². The van der Waals surface area contributed by atoms with E-state index in [4.69, 9.17) is 4.74 Å². The van der Waals surface area contributed by atoms with Gasteiger partial charge in [0.15, 0.2) is 0 Å². The van der Waals surface area contributed by atoms with Crippen molar-refractivity contribution in [1.82, 2.24) is 9.88 Å². The van der Waals surface area contributed by atoms with Crippen molar-refractivity contribution in [2.75, 3.05) is 0 Å². The molecule has 1 saturated heterocycles. The first-order valence-corrected chi connectivity index (χ1v) is 11.3. The summed E-state index contributed by atoms with van der Waals surface area (Å²) in [6.07, 6.45) is 3.32. The van der Waals surface area contributed by atoms with E-state index in [-0.39, 0.29) is 24.0 Å². The largest absolute Gasteiger partial charge is 0.507 e. The molecule has 1 aliphatic heterocycles. The van der Waals surface area contributed by atoms with E-state index >= 15 is 0 Å². The minimum atomic E-state index is -0.741. The highest BCUT2D eigenvalue weighted by molar-refractivity contribution is 9.10. The zero-order valence-electron chi connectivity index (χ0n) is 18.2. The van der Waals surface area contributed by atoms with Gasteiger partial charge in [-0.05, 0) is 67.4 Å². The summed E-state index contributed by atoms with van der Waals surface area (Å²) < 4.78 is 6.47. The van der Waals surface area contributed by atoms with E-state index in [1.54, 1.807) is 42.7 Å². The van der Waals surface area contributed by atoms with Crippen molar-refractivity contribution >= 4 is 33.4 Å². The second-order valence-electron chi connectivity index (χ2n) is 8.03. The van der Waals surface area contributed by atoms with E-state index in [0.717, 1.165) is 10.0 Å². The van der Waals surface area contributed by atoms with Crippen LogP contribution in [0.15, 0.2) is 83.1 Å². The maximum atomic E-state index is 13.1. The van der Waals surface area contributed by atoms with Gasteiger partial charge in [-0.3, -0.25) is 14.6 Å². The highest BCUT2D eigenvalue weighted by atomic mass is 79.9. The minimum absolute atomic E-state index is 0.0128. The Balaban J connectivity index is 1.80. The zero-order valence-corrected chi connectivity index (χ0v) is 19.8. The zero-order chi connectivity index (χ0) is 23.5. The van der Waals surface area contributed by atoms with Gasteiger partial charge in [-0.25, -0.2) is 0 Å². The van der Waals surface area contributed by atoms with E-state index < -0.39 is 17.7 Å². The van der Waals surface area contributed by atoms with Gasteiger partial charge >= 0.3 is 0 Å². The predicted octanol–water partition coefficient (Wildman–Crippen LogP) is 5.25. The summed E-state index contributed by atoms with van der Waals surface area (Å²) in [7, 11) is 0. The second kappa shape index (κ2) is 9.58. The number of nitrogens with zero attached hydrogens (tertiary/aromatic N) is 2. The van der Waals surface area contributed by atoms with Crippen molar-refractivity contribution in [2.45, 2.75) is 32.5 Å². The first-order chi connectivity index (χ1) is 15.8. The molecule has 168 valence electrons. The number of amides is 1. The van der Waals surface area contributed by atoms with Crippen molar-refractivity contribution in [2.24, 2.45) is 0 Å². The van der Waals surface area contributed by atoms with E-state index in [1.807, 2.05) is 44.2 Å². The number of aliphatic hydroxyl groups excluding tert-OH is 1. The number of benzene rings is 2. The normalized spacial score (nSPS) is 17.6. The van der Waals surface area contributed by atoms with Gasteiger partial charge < -0.3 is 14.7 Å². The molecule has 1 N–H and O–H groups in total. The van der Waals surface area contributed by atoms with Crippen molar-refractivity contribution in [1.29, 1.82) is 0 Å². The Morgan fingerprint density at radius 3 is 2.52 bits per heavy atom. The predicted molar refractivity (Wildman–Crippen MR) is 128 cm³/mol. The summed E-state index contributed by atoms with van der Waals surface area (Å²) in [5.41, 5.74) is 1.99. The van der Waals surface area contributed by atoms with Crippen LogP contribution in [0.25, 0.3) is 5.76 Å². The van der Waals surface area contributed by atoms with Crippen LogP contribution in [0.3, 0.4) is 0 Å². The fourth-order valence-electron chi connectivity index (χ4n) is 3.87. The highest BCUT2D eigenvalue weighted by Gasteiger charge is 2.46.